The molecular formula is C13H17ClO2. The Morgan fingerprint density at radius 3 is 2.50 bits per heavy atom. The lowest BCUT2D eigenvalue weighted by Gasteiger charge is -2.10. The minimum atomic E-state index is -0.210. The van der Waals surface area contributed by atoms with E-state index in [4.69, 9.17) is 16.3 Å². The molecule has 0 radical (unpaired) electrons. The van der Waals surface area contributed by atoms with Gasteiger partial charge in [-0.2, -0.15) is 0 Å². The average molecular weight is 241 g/mol. The number of hydrogen-bond acceptors (Lipinski definition) is 2. The molecule has 0 aliphatic heterocycles. The van der Waals surface area contributed by atoms with Crippen molar-refractivity contribution in [1.29, 1.82) is 0 Å². The van der Waals surface area contributed by atoms with Crippen molar-refractivity contribution in [1.82, 2.24) is 0 Å². The summed E-state index contributed by atoms with van der Waals surface area (Å²) < 4.78 is 5.10. The summed E-state index contributed by atoms with van der Waals surface area (Å²) in [6, 6.07) is 3.83. The molecule has 1 aromatic rings. The van der Waals surface area contributed by atoms with Gasteiger partial charge in [-0.1, -0.05) is 17.7 Å². The lowest BCUT2D eigenvalue weighted by atomic mass is 10.0. The van der Waals surface area contributed by atoms with Crippen molar-refractivity contribution in [3.05, 3.63) is 33.8 Å². The highest BCUT2D eigenvalue weighted by molar-refractivity contribution is 6.31. The molecule has 0 fully saturated rings. The predicted molar refractivity (Wildman–Crippen MR) is 65.9 cm³/mol. The van der Waals surface area contributed by atoms with Gasteiger partial charge in [-0.15, -0.1) is 0 Å². The molecule has 0 heterocycles. The predicted octanol–water partition coefficient (Wildman–Crippen LogP) is 3.45. The average Bonchev–Trinajstić information content (AvgIpc) is 2.12. The van der Waals surface area contributed by atoms with Crippen LogP contribution in [0.25, 0.3) is 0 Å². The molecule has 88 valence electrons. The number of carbonyl (C=O) groups is 1. The van der Waals surface area contributed by atoms with E-state index in [1.165, 1.54) is 0 Å². The van der Waals surface area contributed by atoms with Crippen molar-refractivity contribution in [2.24, 2.45) is 0 Å². The van der Waals surface area contributed by atoms with Crippen molar-refractivity contribution < 1.29 is 9.53 Å². The van der Waals surface area contributed by atoms with Crippen molar-refractivity contribution >= 4 is 17.6 Å². The molecule has 3 heteroatoms. The smallest absolute Gasteiger partial charge is 0.310 e. The van der Waals surface area contributed by atoms with Gasteiger partial charge in [-0.3, -0.25) is 4.79 Å². The first kappa shape index (κ1) is 13.0. The number of esters is 1. The third kappa shape index (κ3) is 3.53. The molecule has 1 rings (SSSR count). The van der Waals surface area contributed by atoms with Gasteiger partial charge in [-0.25, -0.2) is 0 Å². The second kappa shape index (κ2) is 5.35. The van der Waals surface area contributed by atoms with E-state index in [1.807, 2.05) is 39.8 Å². The summed E-state index contributed by atoms with van der Waals surface area (Å²) in [6.07, 6.45) is 0.207. The lowest BCUT2D eigenvalue weighted by molar-refractivity contribution is -0.146. The van der Waals surface area contributed by atoms with E-state index in [0.29, 0.717) is 5.02 Å². The fourth-order valence-electron chi connectivity index (χ4n) is 1.52. The number of carbonyl (C=O) groups excluding carboxylic acids is 1. The zero-order valence-corrected chi connectivity index (χ0v) is 10.9. The number of ether oxygens (including phenoxy) is 1. The Morgan fingerprint density at radius 2 is 1.94 bits per heavy atom. The van der Waals surface area contributed by atoms with Crippen LogP contribution in [0, 0.1) is 13.8 Å². The van der Waals surface area contributed by atoms with E-state index in [9.17, 15) is 4.79 Å². The maximum absolute atomic E-state index is 11.5. The lowest BCUT2D eigenvalue weighted by Crippen LogP contribution is -2.14. The van der Waals surface area contributed by atoms with E-state index in [0.717, 1.165) is 16.7 Å². The zero-order valence-electron chi connectivity index (χ0n) is 10.1. The van der Waals surface area contributed by atoms with Gasteiger partial charge in [0.25, 0.3) is 0 Å². The molecule has 0 spiro atoms. The van der Waals surface area contributed by atoms with Gasteiger partial charge in [0.2, 0.25) is 0 Å². The van der Waals surface area contributed by atoms with Crippen LogP contribution < -0.4 is 0 Å². The number of halogens is 1. The Morgan fingerprint density at radius 1 is 1.31 bits per heavy atom. The molecule has 0 bridgehead atoms. The van der Waals surface area contributed by atoms with Crippen LogP contribution in [0.2, 0.25) is 5.02 Å². The van der Waals surface area contributed by atoms with Crippen molar-refractivity contribution in [3.63, 3.8) is 0 Å². The highest BCUT2D eigenvalue weighted by Crippen LogP contribution is 2.21. The molecule has 0 N–H and O–H groups in total. The van der Waals surface area contributed by atoms with Crippen LogP contribution >= 0.6 is 11.6 Å². The van der Waals surface area contributed by atoms with Crippen molar-refractivity contribution in [3.8, 4) is 0 Å². The Kier molecular flexibility index (Phi) is 4.36. The largest absolute Gasteiger partial charge is 0.463 e. The first-order valence-electron chi connectivity index (χ1n) is 5.35. The van der Waals surface area contributed by atoms with Crippen LogP contribution in [-0.2, 0) is 16.0 Å². The normalized spacial score (nSPS) is 10.6. The van der Waals surface area contributed by atoms with Gasteiger partial charge < -0.3 is 4.74 Å². The van der Waals surface area contributed by atoms with E-state index in [2.05, 4.69) is 0 Å². The molecule has 0 aliphatic rings. The SMILES string of the molecule is Cc1cc(C)c(CC(=O)OC(C)C)cc1Cl. The first-order valence-corrected chi connectivity index (χ1v) is 5.73. The van der Waals surface area contributed by atoms with E-state index >= 15 is 0 Å². The topological polar surface area (TPSA) is 26.3 Å². The van der Waals surface area contributed by atoms with Gasteiger partial charge in [0.05, 0.1) is 12.5 Å². The van der Waals surface area contributed by atoms with Gasteiger partial charge in [-0.05, 0) is 50.5 Å². The fourth-order valence-corrected chi connectivity index (χ4v) is 1.70. The summed E-state index contributed by atoms with van der Waals surface area (Å²) in [5.41, 5.74) is 3.03. The molecule has 16 heavy (non-hydrogen) atoms. The molecule has 0 atom stereocenters. The van der Waals surface area contributed by atoms with Gasteiger partial charge >= 0.3 is 5.97 Å². The Hall–Kier alpha value is -1.02. The van der Waals surface area contributed by atoms with E-state index in [-0.39, 0.29) is 18.5 Å². The monoisotopic (exact) mass is 240 g/mol. The molecule has 0 aromatic heterocycles. The van der Waals surface area contributed by atoms with Crippen LogP contribution in [-0.4, -0.2) is 12.1 Å². The zero-order chi connectivity index (χ0) is 12.3. The summed E-state index contributed by atoms with van der Waals surface area (Å²) in [4.78, 5) is 11.5. The minimum absolute atomic E-state index is 0.0753. The van der Waals surface area contributed by atoms with Gasteiger partial charge in [0, 0.05) is 5.02 Å². The van der Waals surface area contributed by atoms with Crippen LogP contribution in [0.15, 0.2) is 12.1 Å². The Balaban J connectivity index is 2.81. The van der Waals surface area contributed by atoms with Crippen LogP contribution in [0.4, 0.5) is 0 Å². The third-order valence-electron chi connectivity index (χ3n) is 2.32. The standard InChI is InChI=1S/C13H17ClO2/c1-8(2)16-13(15)7-11-6-12(14)10(4)5-9(11)3/h5-6,8H,7H2,1-4H3. The van der Waals surface area contributed by atoms with Gasteiger partial charge in [0.15, 0.2) is 0 Å². The Bertz CT molecular complexity index is 397. The highest BCUT2D eigenvalue weighted by Gasteiger charge is 2.10. The summed E-state index contributed by atoms with van der Waals surface area (Å²) in [5, 5.41) is 0.693. The van der Waals surface area contributed by atoms with Crippen LogP contribution in [0.1, 0.15) is 30.5 Å². The summed E-state index contributed by atoms with van der Waals surface area (Å²) in [7, 11) is 0. The van der Waals surface area contributed by atoms with Crippen molar-refractivity contribution in [2.45, 2.75) is 40.2 Å². The van der Waals surface area contributed by atoms with Crippen molar-refractivity contribution in [2.75, 3.05) is 0 Å². The molecule has 0 saturated carbocycles. The van der Waals surface area contributed by atoms with Crippen LogP contribution in [0.3, 0.4) is 0 Å². The van der Waals surface area contributed by atoms with Gasteiger partial charge in [0.1, 0.15) is 0 Å². The number of benzene rings is 1. The maximum atomic E-state index is 11.5. The molecule has 0 amide bonds. The molecule has 0 saturated heterocycles. The summed E-state index contributed by atoms with van der Waals surface area (Å²) in [6.45, 7) is 7.60. The third-order valence-corrected chi connectivity index (χ3v) is 2.73. The second-order valence-corrected chi connectivity index (χ2v) is 4.65. The molecule has 0 aliphatic carbocycles. The maximum Gasteiger partial charge on any atom is 0.310 e. The summed E-state index contributed by atoms with van der Waals surface area (Å²) >= 11 is 6.02. The second-order valence-electron chi connectivity index (χ2n) is 4.24. The minimum Gasteiger partial charge on any atom is -0.463 e. The number of hydrogen-bond donors (Lipinski definition) is 0. The first-order chi connectivity index (χ1) is 7.40. The molecule has 2 nitrogen and oxygen atoms in total. The number of rotatable bonds is 3. The summed E-state index contributed by atoms with van der Waals surface area (Å²) in [5.74, 6) is -0.210. The van der Waals surface area contributed by atoms with E-state index < -0.39 is 0 Å². The number of aryl methyl sites for hydroxylation is 2. The Labute approximate surface area is 102 Å². The van der Waals surface area contributed by atoms with E-state index in [1.54, 1.807) is 0 Å². The highest BCUT2D eigenvalue weighted by atomic mass is 35.5. The molecule has 1 aromatic carbocycles. The molecular weight excluding hydrogens is 224 g/mol. The molecule has 0 unspecified atom stereocenters. The van der Waals surface area contributed by atoms with Crippen LogP contribution in [0.5, 0.6) is 0 Å². The fraction of sp³-hybridized carbons (Fsp3) is 0.462. The quantitative estimate of drug-likeness (QED) is 0.757.